The standard InChI is InChI=1S/C10H18N3O7P/c1-5(14)13-7(11)2-3-12-10-9(16)8(15)6(20-10)4-19-21(17)18/h2-3,6,8-10,12,15-16,21H,4H2,1H3,(H,17,18)(H2,11,13,14)/b3-2-/t6?,8-,9-,10-/m1/s1. The summed E-state index contributed by atoms with van der Waals surface area (Å²) >= 11 is 0. The third-order valence-corrected chi connectivity index (χ3v) is 2.95. The van der Waals surface area contributed by atoms with Gasteiger partial charge >= 0.3 is 8.25 Å². The fourth-order valence-corrected chi connectivity index (χ4v) is 1.93. The minimum absolute atomic E-state index is 0.0400. The normalized spacial score (nSPS) is 31.5. The summed E-state index contributed by atoms with van der Waals surface area (Å²) in [5.41, 5.74) is 5.40. The zero-order chi connectivity index (χ0) is 16.0. The molecular formula is C10H18N3O7P. The Morgan fingerprint density at radius 3 is 2.76 bits per heavy atom. The van der Waals surface area contributed by atoms with Gasteiger partial charge in [-0.15, -0.1) is 0 Å². The van der Waals surface area contributed by atoms with Crippen molar-refractivity contribution >= 4 is 20.0 Å². The summed E-state index contributed by atoms with van der Waals surface area (Å²) in [6.07, 6.45) is -1.89. The second-order valence-electron chi connectivity index (χ2n) is 4.21. The lowest BCUT2D eigenvalue weighted by Gasteiger charge is -2.14. The van der Waals surface area contributed by atoms with Crippen LogP contribution in [0.1, 0.15) is 6.92 Å². The number of aliphatic hydroxyl groups is 2. The van der Waals surface area contributed by atoms with E-state index < -0.39 is 38.7 Å². The number of nitrogens with two attached hydrogens (primary N) is 1. The van der Waals surface area contributed by atoms with E-state index in [1.165, 1.54) is 19.2 Å². The van der Waals surface area contributed by atoms with Gasteiger partial charge in [0.05, 0.1) is 6.61 Å². The van der Waals surface area contributed by atoms with Gasteiger partial charge in [-0.3, -0.25) is 9.36 Å². The quantitative estimate of drug-likeness (QED) is 0.208. The Bertz CT molecular complexity index is 456. The van der Waals surface area contributed by atoms with E-state index >= 15 is 0 Å². The zero-order valence-corrected chi connectivity index (χ0v) is 12.2. The van der Waals surface area contributed by atoms with Crippen molar-refractivity contribution in [1.29, 1.82) is 0 Å². The van der Waals surface area contributed by atoms with Crippen LogP contribution in [0, 0.1) is 0 Å². The third-order valence-electron chi connectivity index (χ3n) is 2.53. The molecule has 1 aliphatic rings. The predicted octanol–water partition coefficient (Wildman–Crippen LogP) is -2.16. The van der Waals surface area contributed by atoms with Crippen LogP contribution in [0.15, 0.2) is 17.3 Å². The number of hydrogen-bond acceptors (Lipinski definition) is 7. The summed E-state index contributed by atoms with van der Waals surface area (Å²) in [5, 5.41) is 22.0. The van der Waals surface area contributed by atoms with Crippen LogP contribution in [0.4, 0.5) is 0 Å². The molecule has 2 unspecified atom stereocenters. The molecule has 120 valence electrons. The van der Waals surface area contributed by atoms with Crippen molar-refractivity contribution in [3.8, 4) is 0 Å². The van der Waals surface area contributed by atoms with Crippen molar-refractivity contribution in [1.82, 2.24) is 5.32 Å². The van der Waals surface area contributed by atoms with E-state index in [1.807, 2.05) is 0 Å². The van der Waals surface area contributed by atoms with E-state index in [-0.39, 0.29) is 12.4 Å². The van der Waals surface area contributed by atoms with Crippen LogP contribution in [0.2, 0.25) is 0 Å². The molecule has 1 heterocycles. The summed E-state index contributed by atoms with van der Waals surface area (Å²) < 4.78 is 20.1. The van der Waals surface area contributed by atoms with Crippen LogP contribution in [0.5, 0.6) is 0 Å². The molecule has 11 heteroatoms. The minimum Gasteiger partial charge on any atom is -0.387 e. The number of amidine groups is 1. The third kappa shape index (κ3) is 5.92. The van der Waals surface area contributed by atoms with Gasteiger partial charge in [0.15, 0.2) is 6.23 Å². The van der Waals surface area contributed by atoms with Gasteiger partial charge < -0.3 is 35.4 Å². The van der Waals surface area contributed by atoms with Gasteiger partial charge in [-0.05, 0) is 6.08 Å². The zero-order valence-electron chi connectivity index (χ0n) is 11.2. The number of aliphatic hydroxyl groups excluding tert-OH is 2. The van der Waals surface area contributed by atoms with Gasteiger partial charge in [-0.25, -0.2) is 0 Å². The highest BCUT2D eigenvalue weighted by molar-refractivity contribution is 7.32. The molecule has 21 heavy (non-hydrogen) atoms. The number of carbonyl (C=O) groups excluding carboxylic acids is 1. The summed E-state index contributed by atoms with van der Waals surface area (Å²) in [4.78, 5) is 22.6. The number of carbonyl (C=O) groups is 1. The molecule has 1 rings (SSSR count). The Balaban J connectivity index is 2.51. The highest BCUT2D eigenvalue weighted by Crippen LogP contribution is 2.23. The summed E-state index contributed by atoms with van der Waals surface area (Å²) in [5.74, 6) is -0.497. The molecule has 0 spiro atoms. The second-order valence-corrected chi connectivity index (χ2v) is 5.03. The van der Waals surface area contributed by atoms with Gasteiger partial charge in [0, 0.05) is 13.1 Å². The smallest absolute Gasteiger partial charge is 0.316 e. The predicted molar refractivity (Wildman–Crippen MR) is 72.4 cm³/mol. The highest BCUT2D eigenvalue weighted by atomic mass is 31.1. The highest BCUT2D eigenvalue weighted by Gasteiger charge is 2.42. The maximum atomic E-state index is 10.7. The van der Waals surface area contributed by atoms with Crippen LogP contribution >= 0.6 is 8.25 Å². The Morgan fingerprint density at radius 1 is 1.52 bits per heavy atom. The van der Waals surface area contributed by atoms with E-state index in [0.29, 0.717) is 0 Å². The molecule has 0 aromatic carbocycles. The van der Waals surface area contributed by atoms with Gasteiger partial charge in [-0.1, -0.05) is 0 Å². The summed E-state index contributed by atoms with van der Waals surface area (Å²) in [7, 11) is -3.14. The van der Waals surface area contributed by atoms with Crippen molar-refractivity contribution in [3.63, 3.8) is 0 Å². The molecule has 0 aromatic heterocycles. The van der Waals surface area contributed by atoms with Crippen molar-refractivity contribution < 1.29 is 33.7 Å². The first-order valence-corrected chi connectivity index (χ1v) is 7.22. The molecule has 10 nitrogen and oxygen atoms in total. The first-order valence-electron chi connectivity index (χ1n) is 5.96. The fourth-order valence-electron chi connectivity index (χ4n) is 1.62. The monoisotopic (exact) mass is 323 g/mol. The summed E-state index contributed by atoms with van der Waals surface area (Å²) in [6.45, 7) is 0.911. The van der Waals surface area contributed by atoms with Crippen LogP contribution in [-0.4, -0.2) is 58.0 Å². The Kier molecular flexibility index (Phi) is 6.96. The number of amides is 1. The molecule has 1 amide bonds. The molecule has 1 saturated heterocycles. The van der Waals surface area contributed by atoms with E-state index in [4.69, 9.17) is 15.4 Å². The lowest BCUT2D eigenvalue weighted by Crippen LogP contribution is -2.38. The first-order chi connectivity index (χ1) is 9.81. The molecule has 0 radical (unpaired) electrons. The lowest BCUT2D eigenvalue weighted by atomic mass is 10.1. The van der Waals surface area contributed by atoms with E-state index in [9.17, 15) is 19.6 Å². The molecule has 6 N–H and O–H groups in total. The molecule has 1 aliphatic heterocycles. The number of aliphatic imine (C=N–C) groups is 1. The molecule has 0 bridgehead atoms. The van der Waals surface area contributed by atoms with Crippen molar-refractivity contribution in [2.24, 2.45) is 10.7 Å². The maximum absolute atomic E-state index is 10.7. The molecule has 5 atom stereocenters. The Hall–Kier alpha value is -1.29. The molecular weight excluding hydrogens is 305 g/mol. The van der Waals surface area contributed by atoms with Crippen molar-refractivity contribution in [3.05, 3.63) is 12.3 Å². The largest absolute Gasteiger partial charge is 0.387 e. The Morgan fingerprint density at radius 2 is 2.19 bits per heavy atom. The van der Waals surface area contributed by atoms with Gasteiger partial charge in [0.25, 0.3) is 0 Å². The Labute approximate surface area is 121 Å². The van der Waals surface area contributed by atoms with Gasteiger partial charge in [-0.2, -0.15) is 4.99 Å². The molecule has 0 aliphatic carbocycles. The van der Waals surface area contributed by atoms with Crippen LogP contribution in [0.3, 0.4) is 0 Å². The number of nitrogens with zero attached hydrogens (tertiary/aromatic N) is 1. The first kappa shape index (κ1) is 17.8. The number of ether oxygens (including phenoxy) is 1. The van der Waals surface area contributed by atoms with E-state index in [2.05, 4.69) is 14.8 Å². The van der Waals surface area contributed by atoms with E-state index in [1.54, 1.807) is 0 Å². The number of hydrogen-bond donors (Lipinski definition) is 5. The van der Waals surface area contributed by atoms with Crippen LogP contribution in [0.25, 0.3) is 0 Å². The summed E-state index contributed by atoms with van der Waals surface area (Å²) in [6, 6.07) is 0. The lowest BCUT2D eigenvalue weighted by molar-refractivity contribution is -0.115. The van der Waals surface area contributed by atoms with Crippen LogP contribution < -0.4 is 11.1 Å². The van der Waals surface area contributed by atoms with Gasteiger partial charge in [0.2, 0.25) is 5.91 Å². The van der Waals surface area contributed by atoms with Crippen molar-refractivity contribution in [2.75, 3.05) is 6.61 Å². The van der Waals surface area contributed by atoms with Crippen LogP contribution in [-0.2, 0) is 18.6 Å². The molecule has 0 saturated carbocycles. The second kappa shape index (κ2) is 8.23. The fraction of sp³-hybridized carbons (Fsp3) is 0.600. The average molecular weight is 323 g/mol. The SMILES string of the molecule is CC(=O)/N=C(N)\C=C/N[C@@H]1OC(CO[PH](=O)O)[C@@H](O)[C@H]1O. The average Bonchev–Trinajstić information content (AvgIpc) is 2.63. The minimum atomic E-state index is -3.14. The topological polar surface area (TPSA) is 164 Å². The maximum Gasteiger partial charge on any atom is 0.316 e. The molecule has 1 fully saturated rings. The number of nitrogens with one attached hydrogen (secondary N) is 1. The molecule has 0 aromatic rings. The number of rotatable bonds is 6. The van der Waals surface area contributed by atoms with Gasteiger partial charge in [0.1, 0.15) is 24.1 Å². The van der Waals surface area contributed by atoms with E-state index in [0.717, 1.165) is 0 Å². The van der Waals surface area contributed by atoms with Crippen molar-refractivity contribution in [2.45, 2.75) is 31.5 Å².